The van der Waals surface area contributed by atoms with Gasteiger partial charge in [0.05, 0.1) is 0 Å². The molecular formula is C13H20N2O2. The van der Waals surface area contributed by atoms with Gasteiger partial charge >= 0.3 is 0 Å². The standard InChI is InChI=1S/C13H20N2O2/c1-13(2,14-3)8-15(4)10-5-6-11-12(7-10)17-9-16-11/h5-7,14H,8-9H2,1-4H3. The summed E-state index contributed by atoms with van der Waals surface area (Å²) in [5.74, 6) is 1.66. The highest BCUT2D eigenvalue weighted by molar-refractivity contribution is 5.57. The van der Waals surface area contributed by atoms with E-state index in [4.69, 9.17) is 9.47 Å². The van der Waals surface area contributed by atoms with Crippen LogP contribution < -0.4 is 19.7 Å². The van der Waals surface area contributed by atoms with Crippen LogP contribution in [0.25, 0.3) is 0 Å². The van der Waals surface area contributed by atoms with Gasteiger partial charge in [0.25, 0.3) is 0 Å². The van der Waals surface area contributed by atoms with Gasteiger partial charge in [0.1, 0.15) is 0 Å². The monoisotopic (exact) mass is 236 g/mol. The Morgan fingerprint density at radius 2 is 2.00 bits per heavy atom. The molecule has 0 radical (unpaired) electrons. The maximum Gasteiger partial charge on any atom is 0.231 e. The molecule has 1 heterocycles. The number of hydrogen-bond acceptors (Lipinski definition) is 4. The lowest BCUT2D eigenvalue weighted by Gasteiger charge is -2.31. The molecule has 0 spiro atoms. The molecule has 0 atom stereocenters. The Balaban J connectivity index is 2.12. The Morgan fingerprint density at radius 1 is 1.29 bits per heavy atom. The van der Waals surface area contributed by atoms with Crippen LogP contribution in [0.15, 0.2) is 18.2 Å². The van der Waals surface area contributed by atoms with Gasteiger partial charge in [-0.2, -0.15) is 0 Å². The molecule has 0 bridgehead atoms. The highest BCUT2D eigenvalue weighted by atomic mass is 16.7. The maximum absolute atomic E-state index is 5.38. The predicted molar refractivity (Wildman–Crippen MR) is 69.0 cm³/mol. The van der Waals surface area contributed by atoms with Crippen molar-refractivity contribution in [1.82, 2.24) is 5.32 Å². The number of ether oxygens (including phenoxy) is 2. The van der Waals surface area contributed by atoms with Crippen molar-refractivity contribution >= 4 is 5.69 Å². The van der Waals surface area contributed by atoms with Crippen molar-refractivity contribution in [3.8, 4) is 11.5 Å². The zero-order chi connectivity index (χ0) is 12.5. The van der Waals surface area contributed by atoms with E-state index < -0.39 is 0 Å². The molecule has 0 amide bonds. The Hall–Kier alpha value is -1.42. The molecule has 17 heavy (non-hydrogen) atoms. The fraction of sp³-hybridized carbons (Fsp3) is 0.538. The summed E-state index contributed by atoms with van der Waals surface area (Å²) in [6, 6.07) is 6.04. The van der Waals surface area contributed by atoms with Gasteiger partial charge in [0, 0.05) is 30.9 Å². The molecular weight excluding hydrogens is 216 g/mol. The Kier molecular flexibility index (Phi) is 3.15. The van der Waals surface area contributed by atoms with Crippen LogP contribution in [0.5, 0.6) is 11.5 Å². The number of nitrogens with one attached hydrogen (secondary N) is 1. The van der Waals surface area contributed by atoms with Crippen molar-refractivity contribution in [3.05, 3.63) is 18.2 Å². The van der Waals surface area contributed by atoms with Gasteiger partial charge in [-0.05, 0) is 33.0 Å². The van der Waals surface area contributed by atoms with Gasteiger partial charge in [0.2, 0.25) is 6.79 Å². The van der Waals surface area contributed by atoms with Gasteiger partial charge in [-0.15, -0.1) is 0 Å². The Labute approximate surface area is 103 Å². The van der Waals surface area contributed by atoms with Crippen LogP contribution in [0.3, 0.4) is 0 Å². The van der Waals surface area contributed by atoms with E-state index in [2.05, 4.69) is 37.2 Å². The fourth-order valence-electron chi connectivity index (χ4n) is 1.89. The molecule has 4 nitrogen and oxygen atoms in total. The first-order valence-corrected chi connectivity index (χ1v) is 5.81. The molecule has 1 aromatic carbocycles. The first-order chi connectivity index (χ1) is 8.02. The lowest BCUT2D eigenvalue weighted by molar-refractivity contribution is 0.174. The van der Waals surface area contributed by atoms with Crippen LogP contribution in [0.1, 0.15) is 13.8 Å². The lowest BCUT2D eigenvalue weighted by Crippen LogP contribution is -2.46. The summed E-state index contributed by atoms with van der Waals surface area (Å²) >= 11 is 0. The minimum atomic E-state index is 0.0745. The summed E-state index contributed by atoms with van der Waals surface area (Å²) in [5, 5.41) is 3.30. The topological polar surface area (TPSA) is 33.7 Å². The molecule has 4 heteroatoms. The first kappa shape index (κ1) is 12.0. The SMILES string of the molecule is CNC(C)(C)CN(C)c1ccc2c(c1)OCO2. The molecule has 0 fully saturated rings. The van der Waals surface area contributed by atoms with Crippen molar-refractivity contribution in [2.45, 2.75) is 19.4 Å². The molecule has 2 rings (SSSR count). The largest absolute Gasteiger partial charge is 0.454 e. The second kappa shape index (κ2) is 4.45. The minimum absolute atomic E-state index is 0.0745. The van der Waals surface area contributed by atoms with Crippen molar-refractivity contribution in [2.24, 2.45) is 0 Å². The van der Waals surface area contributed by atoms with E-state index in [0.29, 0.717) is 6.79 Å². The normalized spacial score (nSPS) is 13.9. The molecule has 1 aliphatic heterocycles. The Morgan fingerprint density at radius 3 is 2.71 bits per heavy atom. The van der Waals surface area contributed by atoms with Gasteiger partial charge in [-0.1, -0.05) is 0 Å². The summed E-state index contributed by atoms with van der Waals surface area (Å²) in [6.07, 6.45) is 0. The van der Waals surface area contributed by atoms with Crippen LogP contribution in [0, 0.1) is 0 Å². The molecule has 1 aromatic rings. The van der Waals surface area contributed by atoms with Crippen LogP contribution in [0.2, 0.25) is 0 Å². The third kappa shape index (κ3) is 2.64. The third-order valence-corrected chi connectivity index (χ3v) is 3.11. The molecule has 0 aromatic heterocycles. The van der Waals surface area contributed by atoms with E-state index in [-0.39, 0.29) is 5.54 Å². The van der Waals surface area contributed by atoms with Crippen LogP contribution in [0.4, 0.5) is 5.69 Å². The first-order valence-electron chi connectivity index (χ1n) is 5.81. The summed E-state index contributed by atoms with van der Waals surface area (Å²) in [6.45, 7) is 5.60. The smallest absolute Gasteiger partial charge is 0.231 e. The molecule has 0 aliphatic carbocycles. The maximum atomic E-state index is 5.38. The number of fused-ring (bicyclic) bond motifs is 1. The number of nitrogens with zero attached hydrogens (tertiary/aromatic N) is 1. The number of hydrogen-bond donors (Lipinski definition) is 1. The van der Waals surface area contributed by atoms with Gasteiger partial charge in [-0.25, -0.2) is 0 Å². The third-order valence-electron chi connectivity index (χ3n) is 3.11. The quantitative estimate of drug-likeness (QED) is 0.865. The summed E-state index contributed by atoms with van der Waals surface area (Å²) < 4.78 is 10.7. The average molecular weight is 236 g/mol. The number of benzene rings is 1. The molecule has 1 aliphatic rings. The van der Waals surface area contributed by atoms with E-state index >= 15 is 0 Å². The number of rotatable bonds is 4. The fourth-order valence-corrected chi connectivity index (χ4v) is 1.89. The molecule has 0 unspecified atom stereocenters. The van der Waals surface area contributed by atoms with Crippen molar-refractivity contribution in [1.29, 1.82) is 0 Å². The van der Waals surface area contributed by atoms with Crippen molar-refractivity contribution < 1.29 is 9.47 Å². The highest BCUT2D eigenvalue weighted by Gasteiger charge is 2.19. The number of anilines is 1. The van der Waals surface area contributed by atoms with Gasteiger partial charge in [-0.3, -0.25) is 0 Å². The second-order valence-electron chi connectivity index (χ2n) is 5.03. The number of likely N-dealkylation sites (N-methyl/N-ethyl adjacent to an activating group) is 2. The summed E-state index contributed by atoms with van der Waals surface area (Å²) in [7, 11) is 4.06. The Bertz CT molecular complexity index is 404. The second-order valence-corrected chi connectivity index (χ2v) is 5.03. The van der Waals surface area contributed by atoms with Crippen molar-refractivity contribution in [3.63, 3.8) is 0 Å². The molecule has 94 valence electrons. The lowest BCUT2D eigenvalue weighted by atomic mass is 10.1. The highest BCUT2D eigenvalue weighted by Crippen LogP contribution is 2.35. The van der Waals surface area contributed by atoms with Crippen LogP contribution in [-0.2, 0) is 0 Å². The average Bonchev–Trinajstić information content (AvgIpc) is 2.75. The molecule has 0 saturated heterocycles. The van der Waals surface area contributed by atoms with Crippen LogP contribution in [-0.4, -0.2) is 33.0 Å². The minimum Gasteiger partial charge on any atom is -0.454 e. The van der Waals surface area contributed by atoms with E-state index in [1.54, 1.807) is 0 Å². The predicted octanol–water partition coefficient (Wildman–Crippen LogP) is 1.85. The molecule has 0 saturated carbocycles. The van der Waals surface area contributed by atoms with E-state index in [1.807, 2.05) is 19.2 Å². The summed E-state index contributed by atoms with van der Waals surface area (Å²) in [4.78, 5) is 2.21. The van der Waals surface area contributed by atoms with Gasteiger partial charge in [0.15, 0.2) is 11.5 Å². The van der Waals surface area contributed by atoms with E-state index in [1.165, 1.54) is 0 Å². The van der Waals surface area contributed by atoms with Crippen molar-refractivity contribution in [2.75, 3.05) is 32.3 Å². The summed E-state index contributed by atoms with van der Waals surface area (Å²) in [5.41, 5.74) is 1.21. The van der Waals surface area contributed by atoms with Gasteiger partial charge < -0.3 is 19.7 Å². The zero-order valence-corrected chi connectivity index (χ0v) is 10.9. The zero-order valence-electron chi connectivity index (χ0n) is 10.9. The van der Waals surface area contributed by atoms with E-state index in [0.717, 1.165) is 23.7 Å². The molecule has 1 N–H and O–H groups in total. The van der Waals surface area contributed by atoms with Crippen LogP contribution >= 0.6 is 0 Å². The van der Waals surface area contributed by atoms with E-state index in [9.17, 15) is 0 Å².